The third-order valence-electron chi connectivity index (χ3n) is 3.88. The summed E-state index contributed by atoms with van der Waals surface area (Å²) in [6, 6.07) is 9.69. The molecular weight excluding hydrogens is 356 g/mol. The van der Waals surface area contributed by atoms with Crippen LogP contribution < -0.4 is 16.6 Å². The molecule has 7 nitrogen and oxygen atoms in total. The fourth-order valence-electron chi connectivity index (χ4n) is 2.60. The first-order valence-corrected chi connectivity index (χ1v) is 8.08. The second kappa shape index (κ2) is 6.97. The summed E-state index contributed by atoms with van der Waals surface area (Å²) in [4.78, 5) is 40.4. The molecule has 0 aliphatic carbocycles. The highest BCUT2D eigenvalue weighted by Gasteiger charge is 2.12. The lowest BCUT2D eigenvalue weighted by Crippen LogP contribution is -2.28. The Morgan fingerprint density at radius 2 is 2.04 bits per heavy atom. The number of aryl methyl sites for hydroxylation is 1. The molecule has 0 bridgehead atoms. The molecular formula is C18H15ClN4O3. The van der Waals surface area contributed by atoms with Gasteiger partial charge in [0.2, 0.25) is 11.8 Å². The number of fused-ring (bicyclic) bond motifs is 1. The zero-order valence-corrected chi connectivity index (χ0v) is 14.6. The third kappa shape index (κ3) is 3.43. The van der Waals surface area contributed by atoms with Gasteiger partial charge in [0, 0.05) is 5.69 Å². The van der Waals surface area contributed by atoms with Crippen molar-refractivity contribution in [2.75, 3.05) is 5.32 Å². The molecule has 0 aliphatic rings. The van der Waals surface area contributed by atoms with Crippen molar-refractivity contribution in [3.63, 3.8) is 0 Å². The topological polar surface area (TPSA) is 107 Å². The molecule has 1 aromatic heterocycles. The van der Waals surface area contributed by atoms with E-state index in [9.17, 15) is 14.4 Å². The fraction of sp³-hybridized carbons (Fsp3) is 0.111. The van der Waals surface area contributed by atoms with Gasteiger partial charge in [0.25, 0.3) is 5.56 Å². The van der Waals surface area contributed by atoms with E-state index in [2.05, 4.69) is 10.3 Å². The molecule has 3 rings (SSSR count). The summed E-state index contributed by atoms with van der Waals surface area (Å²) >= 11 is 5.88. The second-order valence-corrected chi connectivity index (χ2v) is 6.16. The molecule has 0 saturated heterocycles. The van der Waals surface area contributed by atoms with Crippen LogP contribution in [0, 0.1) is 6.92 Å². The Bertz CT molecular complexity index is 1090. The summed E-state index contributed by atoms with van der Waals surface area (Å²) < 4.78 is 1.22. The van der Waals surface area contributed by atoms with E-state index in [4.69, 9.17) is 17.3 Å². The molecule has 0 aliphatic heterocycles. The highest BCUT2D eigenvalue weighted by Crippen LogP contribution is 2.20. The van der Waals surface area contributed by atoms with Gasteiger partial charge in [0.05, 0.1) is 27.8 Å². The summed E-state index contributed by atoms with van der Waals surface area (Å²) in [6.07, 6.45) is 1.34. The predicted molar refractivity (Wildman–Crippen MR) is 99.3 cm³/mol. The standard InChI is InChI=1S/C18H15ClN4O3/c1-10-3-2-4-12-16(10)21-9-23(18(12)26)8-15(24)22-11-5-6-14(19)13(7-11)17(20)25/h2-7,9H,8H2,1H3,(H2,20,25)(H,22,24). The number of hydrogen-bond acceptors (Lipinski definition) is 4. The highest BCUT2D eigenvalue weighted by molar-refractivity contribution is 6.34. The molecule has 2 amide bonds. The zero-order chi connectivity index (χ0) is 18.8. The molecule has 0 spiro atoms. The Morgan fingerprint density at radius 3 is 2.77 bits per heavy atom. The van der Waals surface area contributed by atoms with Crippen LogP contribution >= 0.6 is 11.6 Å². The van der Waals surface area contributed by atoms with Gasteiger partial charge in [-0.15, -0.1) is 0 Å². The maximum Gasteiger partial charge on any atom is 0.261 e. The van der Waals surface area contributed by atoms with E-state index in [0.29, 0.717) is 16.6 Å². The molecule has 2 aromatic carbocycles. The van der Waals surface area contributed by atoms with Gasteiger partial charge in [-0.3, -0.25) is 19.0 Å². The van der Waals surface area contributed by atoms with Crippen LogP contribution in [-0.4, -0.2) is 21.4 Å². The molecule has 0 saturated carbocycles. The molecule has 3 aromatic rings. The number of carbonyl (C=O) groups excluding carboxylic acids is 2. The lowest BCUT2D eigenvalue weighted by atomic mass is 10.1. The van der Waals surface area contributed by atoms with Crippen LogP contribution in [0.15, 0.2) is 47.5 Å². The number of halogens is 1. The number of primary amides is 1. The van der Waals surface area contributed by atoms with E-state index in [-0.39, 0.29) is 22.7 Å². The van der Waals surface area contributed by atoms with Crippen molar-refractivity contribution >= 4 is 40.0 Å². The van der Waals surface area contributed by atoms with Gasteiger partial charge in [-0.05, 0) is 36.8 Å². The maximum absolute atomic E-state index is 12.5. The second-order valence-electron chi connectivity index (χ2n) is 5.76. The van der Waals surface area contributed by atoms with Crippen LogP contribution in [0.2, 0.25) is 5.02 Å². The molecule has 8 heteroatoms. The number of benzene rings is 2. The molecule has 3 N–H and O–H groups in total. The normalized spacial score (nSPS) is 10.7. The lowest BCUT2D eigenvalue weighted by Gasteiger charge is -2.10. The number of amides is 2. The highest BCUT2D eigenvalue weighted by atomic mass is 35.5. The Hall–Kier alpha value is -3.19. The van der Waals surface area contributed by atoms with E-state index in [1.54, 1.807) is 12.1 Å². The van der Waals surface area contributed by atoms with Gasteiger partial charge >= 0.3 is 0 Å². The minimum atomic E-state index is -0.698. The average Bonchev–Trinajstić information content (AvgIpc) is 2.59. The SMILES string of the molecule is Cc1cccc2c(=O)n(CC(=O)Nc3ccc(Cl)c(C(N)=O)c3)cnc12. The summed E-state index contributed by atoms with van der Waals surface area (Å²) in [5, 5.41) is 3.25. The Balaban J connectivity index is 1.84. The fourth-order valence-corrected chi connectivity index (χ4v) is 2.81. The van der Waals surface area contributed by atoms with E-state index in [0.717, 1.165) is 5.56 Å². The minimum Gasteiger partial charge on any atom is -0.366 e. The summed E-state index contributed by atoms with van der Waals surface area (Å²) in [7, 11) is 0. The molecule has 26 heavy (non-hydrogen) atoms. The number of nitrogens with one attached hydrogen (secondary N) is 1. The Morgan fingerprint density at radius 1 is 1.27 bits per heavy atom. The van der Waals surface area contributed by atoms with Crippen molar-refractivity contribution < 1.29 is 9.59 Å². The van der Waals surface area contributed by atoms with Crippen LogP contribution in [-0.2, 0) is 11.3 Å². The average molecular weight is 371 g/mol. The Kier molecular flexibility index (Phi) is 4.73. The van der Waals surface area contributed by atoms with Gasteiger partial charge in [0.15, 0.2) is 0 Å². The van der Waals surface area contributed by atoms with Crippen LogP contribution in [0.25, 0.3) is 10.9 Å². The number of hydrogen-bond donors (Lipinski definition) is 2. The van der Waals surface area contributed by atoms with Crippen LogP contribution in [0.4, 0.5) is 5.69 Å². The first-order valence-electron chi connectivity index (χ1n) is 7.71. The lowest BCUT2D eigenvalue weighted by molar-refractivity contribution is -0.116. The molecule has 1 heterocycles. The van der Waals surface area contributed by atoms with E-state index in [1.165, 1.54) is 29.1 Å². The van der Waals surface area contributed by atoms with Gasteiger partial charge in [0.1, 0.15) is 6.54 Å². The monoisotopic (exact) mass is 370 g/mol. The summed E-state index contributed by atoms with van der Waals surface area (Å²) in [5.74, 6) is -1.14. The summed E-state index contributed by atoms with van der Waals surface area (Å²) in [6.45, 7) is 1.65. The van der Waals surface area contributed by atoms with Gasteiger partial charge < -0.3 is 11.1 Å². The first-order chi connectivity index (χ1) is 12.4. The number of para-hydroxylation sites is 1. The molecule has 0 radical (unpaired) electrons. The molecule has 132 valence electrons. The largest absolute Gasteiger partial charge is 0.366 e. The molecule has 0 fully saturated rings. The van der Waals surface area contributed by atoms with E-state index in [1.807, 2.05) is 13.0 Å². The smallest absolute Gasteiger partial charge is 0.261 e. The minimum absolute atomic E-state index is 0.101. The number of aromatic nitrogens is 2. The van der Waals surface area contributed by atoms with Crippen molar-refractivity contribution in [3.05, 3.63) is 69.2 Å². The third-order valence-corrected chi connectivity index (χ3v) is 4.21. The molecule has 0 atom stereocenters. The van der Waals surface area contributed by atoms with Gasteiger partial charge in [-0.25, -0.2) is 4.98 Å². The first kappa shape index (κ1) is 17.6. The van der Waals surface area contributed by atoms with Crippen molar-refractivity contribution in [2.45, 2.75) is 13.5 Å². The van der Waals surface area contributed by atoms with Crippen molar-refractivity contribution in [3.8, 4) is 0 Å². The van der Waals surface area contributed by atoms with Gasteiger partial charge in [-0.2, -0.15) is 0 Å². The van der Waals surface area contributed by atoms with Crippen molar-refractivity contribution in [1.82, 2.24) is 9.55 Å². The van der Waals surface area contributed by atoms with Crippen molar-refractivity contribution in [1.29, 1.82) is 0 Å². The number of rotatable bonds is 4. The Labute approximate surface area is 153 Å². The quantitative estimate of drug-likeness (QED) is 0.733. The number of carbonyl (C=O) groups is 2. The van der Waals surface area contributed by atoms with E-state index < -0.39 is 11.8 Å². The van der Waals surface area contributed by atoms with Crippen LogP contribution in [0.5, 0.6) is 0 Å². The predicted octanol–water partition coefficient (Wildman–Crippen LogP) is 2.10. The summed E-state index contributed by atoms with van der Waals surface area (Å²) in [5.41, 5.74) is 6.88. The van der Waals surface area contributed by atoms with Crippen molar-refractivity contribution in [2.24, 2.45) is 5.73 Å². The van der Waals surface area contributed by atoms with Crippen LogP contribution in [0.3, 0.4) is 0 Å². The van der Waals surface area contributed by atoms with Crippen LogP contribution in [0.1, 0.15) is 15.9 Å². The number of anilines is 1. The molecule has 0 unspecified atom stereocenters. The van der Waals surface area contributed by atoms with Gasteiger partial charge in [-0.1, -0.05) is 23.7 Å². The maximum atomic E-state index is 12.5. The zero-order valence-electron chi connectivity index (χ0n) is 13.8. The van der Waals surface area contributed by atoms with E-state index >= 15 is 0 Å². The number of nitrogens with two attached hydrogens (primary N) is 1. The number of nitrogens with zero attached hydrogens (tertiary/aromatic N) is 2.